The number of benzene rings is 2. The minimum atomic E-state index is -0.565. The van der Waals surface area contributed by atoms with Crippen LogP contribution in [0.25, 0.3) is 16.7 Å². The van der Waals surface area contributed by atoms with Crippen LogP contribution in [0, 0.1) is 13.8 Å². The van der Waals surface area contributed by atoms with Gasteiger partial charge in [0.1, 0.15) is 17.1 Å². The molecule has 3 rings (SSSR count). The second-order valence-electron chi connectivity index (χ2n) is 6.29. The van der Waals surface area contributed by atoms with Crippen LogP contribution >= 0.6 is 0 Å². The van der Waals surface area contributed by atoms with Crippen molar-refractivity contribution >= 4 is 11.5 Å². The summed E-state index contributed by atoms with van der Waals surface area (Å²) in [4.78, 5) is 21.1. The maximum absolute atomic E-state index is 12.3. The topological polar surface area (TPSA) is 70.5 Å². The number of hydrogen-bond acceptors (Lipinski definition) is 6. The monoisotopic (exact) mass is 390 g/mol. The van der Waals surface area contributed by atoms with E-state index >= 15 is 0 Å². The molecule has 0 aliphatic heterocycles. The molecule has 0 saturated heterocycles. The Morgan fingerprint density at radius 2 is 1.66 bits per heavy atom. The van der Waals surface area contributed by atoms with Crippen LogP contribution in [0.1, 0.15) is 17.1 Å². The Labute approximate surface area is 169 Å². The number of methoxy groups -OCH3 is 2. The molecule has 0 atom stereocenters. The van der Waals surface area contributed by atoms with E-state index in [9.17, 15) is 4.79 Å². The summed E-state index contributed by atoms with van der Waals surface area (Å²) >= 11 is 0. The van der Waals surface area contributed by atoms with Gasteiger partial charge in [-0.05, 0) is 37.1 Å². The van der Waals surface area contributed by atoms with Crippen molar-refractivity contribution in [1.82, 2.24) is 9.97 Å². The molecule has 0 fully saturated rings. The smallest absolute Gasteiger partial charge is 0.341 e. The van der Waals surface area contributed by atoms with Crippen LogP contribution in [-0.4, -0.2) is 30.2 Å². The van der Waals surface area contributed by atoms with Crippen molar-refractivity contribution in [3.8, 4) is 22.8 Å². The van der Waals surface area contributed by atoms with Crippen molar-refractivity contribution in [1.29, 1.82) is 0 Å². The molecule has 0 radical (unpaired) electrons. The third-order valence-electron chi connectivity index (χ3n) is 4.23. The van der Waals surface area contributed by atoms with E-state index in [1.807, 2.05) is 54.6 Å². The molecular formula is C23H22N2O4. The molecule has 0 saturated carbocycles. The van der Waals surface area contributed by atoms with Crippen molar-refractivity contribution in [3.63, 3.8) is 0 Å². The van der Waals surface area contributed by atoms with Crippen molar-refractivity contribution in [2.75, 3.05) is 14.2 Å². The fraction of sp³-hybridized carbons (Fsp3) is 0.174. The maximum Gasteiger partial charge on any atom is 0.341 e. The average Bonchev–Trinajstić information content (AvgIpc) is 2.73. The summed E-state index contributed by atoms with van der Waals surface area (Å²) in [6, 6.07) is 17.7. The van der Waals surface area contributed by atoms with Crippen LogP contribution in [0.2, 0.25) is 0 Å². The lowest BCUT2D eigenvalue weighted by atomic mass is 10.1. The molecule has 2 aromatic carbocycles. The summed E-state index contributed by atoms with van der Waals surface area (Å²) in [7, 11) is 2.76. The van der Waals surface area contributed by atoms with Gasteiger partial charge in [-0.15, -0.1) is 0 Å². The molecule has 6 nitrogen and oxygen atoms in total. The molecule has 29 heavy (non-hydrogen) atoms. The molecule has 1 aromatic heterocycles. The Balaban J connectivity index is 2.06. The molecule has 0 amide bonds. The first-order valence-electron chi connectivity index (χ1n) is 9.03. The van der Waals surface area contributed by atoms with Gasteiger partial charge in [0.05, 0.1) is 31.7 Å². The number of esters is 1. The Bertz CT molecular complexity index is 1050. The number of hydrogen-bond donors (Lipinski definition) is 0. The lowest BCUT2D eigenvalue weighted by Crippen LogP contribution is -2.10. The summed E-state index contributed by atoms with van der Waals surface area (Å²) in [6.45, 7) is 3.55. The van der Waals surface area contributed by atoms with Crippen molar-refractivity contribution in [2.24, 2.45) is 0 Å². The first-order chi connectivity index (χ1) is 14.0. The lowest BCUT2D eigenvalue weighted by Gasteiger charge is -2.15. The first kappa shape index (κ1) is 20.1. The fourth-order valence-corrected chi connectivity index (χ4v) is 2.98. The number of carbonyl (C=O) groups is 1. The SMILES string of the molecule is COC=C(C(=O)OC)c1c(C)nc(C)nc1Oc1cccc(-c2ccccc2)c1. The standard InChI is InChI=1S/C23H22N2O4/c1-15-21(20(14-27-3)23(26)28-4)22(25-16(2)24-15)29-19-12-8-11-18(13-19)17-9-6-5-7-10-17/h5-14H,1-4H3. The van der Waals surface area contributed by atoms with Crippen molar-refractivity contribution in [2.45, 2.75) is 13.8 Å². The van der Waals surface area contributed by atoms with Gasteiger partial charge in [0.15, 0.2) is 0 Å². The average molecular weight is 390 g/mol. The highest BCUT2D eigenvalue weighted by Gasteiger charge is 2.23. The van der Waals surface area contributed by atoms with E-state index in [1.54, 1.807) is 13.8 Å². The second kappa shape index (κ2) is 9.01. The van der Waals surface area contributed by atoms with Gasteiger partial charge in [-0.25, -0.2) is 9.78 Å². The van der Waals surface area contributed by atoms with Gasteiger partial charge in [0, 0.05) is 0 Å². The highest BCUT2D eigenvalue weighted by molar-refractivity contribution is 6.17. The van der Waals surface area contributed by atoms with Crippen LogP contribution in [0.5, 0.6) is 11.6 Å². The van der Waals surface area contributed by atoms with Gasteiger partial charge in [-0.1, -0.05) is 42.5 Å². The molecule has 1 heterocycles. The zero-order chi connectivity index (χ0) is 20.8. The number of rotatable bonds is 6. The minimum absolute atomic E-state index is 0.182. The molecule has 0 N–H and O–H groups in total. The Morgan fingerprint density at radius 1 is 0.931 bits per heavy atom. The summed E-state index contributed by atoms with van der Waals surface area (Å²) in [5.41, 5.74) is 3.27. The quantitative estimate of drug-likeness (QED) is 0.345. The molecule has 0 unspecified atom stereocenters. The highest BCUT2D eigenvalue weighted by atomic mass is 16.5. The van der Waals surface area contributed by atoms with Gasteiger partial charge >= 0.3 is 5.97 Å². The van der Waals surface area contributed by atoms with Gasteiger partial charge in [0.25, 0.3) is 0 Å². The molecule has 3 aromatic rings. The summed E-state index contributed by atoms with van der Waals surface area (Å²) in [5.74, 6) is 0.813. The van der Waals surface area contributed by atoms with E-state index in [-0.39, 0.29) is 11.5 Å². The number of aryl methyl sites for hydroxylation is 2. The summed E-state index contributed by atoms with van der Waals surface area (Å²) < 4.78 is 16.1. The van der Waals surface area contributed by atoms with Crippen LogP contribution in [-0.2, 0) is 14.3 Å². The van der Waals surface area contributed by atoms with E-state index in [0.29, 0.717) is 22.8 Å². The lowest BCUT2D eigenvalue weighted by molar-refractivity contribution is -0.133. The Morgan fingerprint density at radius 3 is 2.34 bits per heavy atom. The third-order valence-corrected chi connectivity index (χ3v) is 4.23. The van der Waals surface area contributed by atoms with Crippen LogP contribution in [0.4, 0.5) is 0 Å². The van der Waals surface area contributed by atoms with Crippen LogP contribution < -0.4 is 4.74 Å². The van der Waals surface area contributed by atoms with Crippen LogP contribution in [0.3, 0.4) is 0 Å². The molecule has 148 valence electrons. The van der Waals surface area contributed by atoms with Crippen molar-refractivity contribution in [3.05, 3.63) is 77.9 Å². The fourth-order valence-electron chi connectivity index (χ4n) is 2.98. The van der Waals surface area contributed by atoms with E-state index in [1.165, 1.54) is 20.5 Å². The van der Waals surface area contributed by atoms with E-state index in [2.05, 4.69) is 9.97 Å². The predicted octanol–water partition coefficient (Wildman–Crippen LogP) is 4.71. The Kier molecular flexibility index (Phi) is 6.24. The normalized spacial score (nSPS) is 11.1. The number of aromatic nitrogens is 2. The molecule has 0 aliphatic carbocycles. The van der Waals surface area contributed by atoms with Gasteiger partial charge in [0.2, 0.25) is 5.88 Å². The molecule has 6 heteroatoms. The molecule has 0 spiro atoms. The van der Waals surface area contributed by atoms with Gasteiger partial charge in [-0.2, -0.15) is 4.98 Å². The maximum atomic E-state index is 12.3. The molecule has 0 aliphatic rings. The number of carbonyl (C=O) groups excluding carboxylic acids is 1. The summed E-state index contributed by atoms with van der Waals surface area (Å²) in [5, 5.41) is 0. The Hall–Kier alpha value is -3.67. The first-order valence-corrected chi connectivity index (χ1v) is 9.03. The van der Waals surface area contributed by atoms with E-state index in [4.69, 9.17) is 14.2 Å². The van der Waals surface area contributed by atoms with Crippen molar-refractivity contribution < 1.29 is 19.0 Å². The molecule has 0 bridgehead atoms. The zero-order valence-electron chi connectivity index (χ0n) is 16.8. The summed E-state index contributed by atoms with van der Waals surface area (Å²) in [6.07, 6.45) is 1.31. The van der Waals surface area contributed by atoms with E-state index < -0.39 is 5.97 Å². The highest BCUT2D eigenvalue weighted by Crippen LogP contribution is 2.33. The van der Waals surface area contributed by atoms with Crippen LogP contribution in [0.15, 0.2) is 60.9 Å². The second-order valence-corrected chi connectivity index (χ2v) is 6.29. The number of nitrogens with zero attached hydrogens (tertiary/aromatic N) is 2. The van der Waals surface area contributed by atoms with E-state index in [0.717, 1.165) is 11.1 Å². The molecular weight excluding hydrogens is 368 g/mol. The predicted molar refractivity (Wildman–Crippen MR) is 110 cm³/mol. The number of ether oxygens (including phenoxy) is 3. The van der Waals surface area contributed by atoms with Gasteiger partial charge in [-0.3, -0.25) is 0 Å². The third kappa shape index (κ3) is 4.60. The largest absolute Gasteiger partial charge is 0.503 e. The minimum Gasteiger partial charge on any atom is -0.503 e. The van der Waals surface area contributed by atoms with Gasteiger partial charge < -0.3 is 14.2 Å². The zero-order valence-corrected chi connectivity index (χ0v) is 16.8.